The molecule has 0 fully saturated rings. The average Bonchev–Trinajstić information content (AvgIpc) is 3.25. The lowest BCUT2D eigenvalue weighted by Gasteiger charge is -2.06. The quantitative estimate of drug-likeness (QED) is 0.254. The number of furan rings is 1. The van der Waals surface area contributed by atoms with Crippen LogP contribution >= 0.6 is 0 Å². The standard InChI is InChI=1S/C31H23FNO/c1-20-11-16-25-26-18-17-24(23-14-12-22(13-15-23)21-8-4-3-5-9-21)29(32)31(26)34-30(25)28(20)27-10-6-7-19-33(27)2/h3-19H,1-2H3/q+1. The lowest BCUT2D eigenvalue weighted by atomic mass is 9.98. The number of aryl methyl sites for hydroxylation is 2. The van der Waals surface area contributed by atoms with Crippen molar-refractivity contribution in [2.45, 2.75) is 6.92 Å². The van der Waals surface area contributed by atoms with Crippen molar-refractivity contribution in [1.82, 2.24) is 0 Å². The molecular weight excluding hydrogens is 421 g/mol. The fourth-order valence-electron chi connectivity index (χ4n) is 4.77. The van der Waals surface area contributed by atoms with Crippen molar-refractivity contribution in [3.63, 3.8) is 0 Å². The third-order valence-corrected chi connectivity index (χ3v) is 6.57. The average molecular weight is 445 g/mol. The van der Waals surface area contributed by atoms with Crippen LogP contribution in [0.1, 0.15) is 5.56 Å². The molecule has 2 nitrogen and oxygen atoms in total. The molecule has 0 amide bonds. The Hall–Kier alpha value is -4.24. The number of nitrogens with zero attached hydrogens (tertiary/aromatic N) is 1. The number of hydrogen-bond donors (Lipinski definition) is 0. The van der Waals surface area contributed by atoms with Gasteiger partial charge in [-0.05, 0) is 41.3 Å². The molecule has 0 spiro atoms. The summed E-state index contributed by atoms with van der Waals surface area (Å²) in [6.07, 6.45) is 2.01. The van der Waals surface area contributed by atoms with E-state index in [-0.39, 0.29) is 5.82 Å². The summed E-state index contributed by atoms with van der Waals surface area (Å²) in [5.74, 6) is -0.331. The van der Waals surface area contributed by atoms with E-state index >= 15 is 4.39 Å². The van der Waals surface area contributed by atoms with Crippen LogP contribution in [0.15, 0.2) is 108 Å². The molecule has 0 radical (unpaired) electrons. The van der Waals surface area contributed by atoms with Gasteiger partial charge in [-0.1, -0.05) is 72.8 Å². The van der Waals surface area contributed by atoms with Crippen molar-refractivity contribution < 1.29 is 13.4 Å². The molecule has 34 heavy (non-hydrogen) atoms. The normalized spacial score (nSPS) is 11.4. The van der Waals surface area contributed by atoms with Gasteiger partial charge >= 0.3 is 0 Å². The zero-order chi connectivity index (χ0) is 23.2. The maximum atomic E-state index is 15.8. The minimum Gasteiger partial charge on any atom is -0.452 e. The Balaban J connectivity index is 1.51. The SMILES string of the molecule is Cc1ccc2c(oc3c(F)c(-c4ccc(-c5ccccc5)cc4)ccc32)c1-c1cccc[n+]1C. The number of pyridine rings is 1. The first-order valence-electron chi connectivity index (χ1n) is 11.4. The maximum Gasteiger partial charge on any atom is 0.216 e. The van der Waals surface area contributed by atoms with Crippen molar-refractivity contribution >= 4 is 21.9 Å². The van der Waals surface area contributed by atoms with E-state index in [2.05, 4.69) is 35.8 Å². The highest BCUT2D eigenvalue weighted by molar-refractivity contribution is 6.10. The van der Waals surface area contributed by atoms with Crippen LogP contribution in [0.5, 0.6) is 0 Å². The topological polar surface area (TPSA) is 17.0 Å². The lowest BCUT2D eigenvalue weighted by Crippen LogP contribution is -2.30. The van der Waals surface area contributed by atoms with Gasteiger partial charge in [0.2, 0.25) is 5.69 Å². The number of aromatic nitrogens is 1. The highest BCUT2D eigenvalue weighted by Gasteiger charge is 2.22. The van der Waals surface area contributed by atoms with Gasteiger partial charge in [0.15, 0.2) is 17.6 Å². The Labute approximate surface area is 197 Å². The zero-order valence-corrected chi connectivity index (χ0v) is 19.0. The number of hydrogen-bond acceptors (Lipinski definition) is 1. The Bertz CT molecular complexity index is 1660. The van der Waals surface area contributed by atoms with E-state index in [1.807, 2.05) is 86.0 Å². The third kappa shape index (κ3) is 3.20. The van der Waals surface area contributed by atoms with Crippen molar-refractivity contribution in [2.24, 2.45) is 7.05 Å². The molecule has 0 aliphatic heterocycles. The van der Waals surface area contributed by atoms with Gasteiger partial charge in [-0.15, -0.1) is 0 Å². The highest BCUT2D eigenvalue weighted by Crippen LogP contribution is 2.40. The molecule has 0 saturated carbocycles. The van der Waals surface area contributed by atoms with Gasteiger partial charge < -0.3 is 4.42 Å². The van der Waals surface area contributed by atoms with E-state index in [1.165, 1.54) is 0 Å². The molecule has 3 heteroatoms. The van der Waals surface area contributed by atoms with Crippen LogP contribution in [-0.2, 0) is 7.05 Å². The predicted molar refractivity (Wildman–Crippen MR) is 136 cm³/mol. The Kier molecular flexibility index (Phi) is 4.77. The van der Waals surface area contributed by atoms with Gasteiger partial charge in [-0.25, -0.2) is 8.96 Å². The van der Waals surface area contributed by atoms with Crippen LogP contribution in [0.4, 0.5) is 4.39 Å². The van der Waals surface area contributed by atoms with Crippen LogP contribution in [0, 0.1) is 12.7 Å². The summed E-state index contributed by atoms with van der Waals surface area (Å²) in [5.41, 5.74) is 7.72. The number of benzene rings is 4. The summed E-state index contributed by atoms with van der Waals surface area (Å²) in [7, 11) is 2.01. The lowest BCUT2D eigenvalue weighted by molar-refractivity contribution is -0.660. The molecule has 0 bridgehead atoms. The van der Waals surface area contributed by atoms with Crippen LogP contribution < -0.4 is 4.57 Å². The first-order chi connectivity index (χ1) is 16.6. The molecule has 4 aromatic carbocycles. The van der Waals surface area contributed by atoms with Crippen molar-refractivity contribution in [3.8, 4) is 33.5 Å². The molecule has 0 unspecified atom stereocenters. The van der Waals surface area contributed by atoms with Gasteiger partial charge in [0.05, 0.1) is 5.56 Å². The molecular formula is C31H23FNO+. The fraction of sp³-hybridized carbons (Fsp3) is 0.0645. The molecule has 6 aromatic rings. The van der Waals surface area contributed by atoms with Crippen LogP contribution in [0.2, 0.25) is 0 Å². The molecule has 0 aliphatic rings. The Morgan fingerprint density at radius 1 is 0.647 bits per heavy atom. The van der Waals surface area contributed by atoms with Gasteiger partial charge in [-0.2, -0.15) is 0 Å². The van der Waals surface area contributed by atoms with Gasteiger partial charge in [0.25, 0.3) is 0 Å². The summed E-state index contributed by atoms with van der Waals surface area (Å²) in [6.45, 7) is 2.06. The largest absolute Gasteiger partial charge is 0.452 e. The smallest absolute Gasteiger partial charge is 0.216 e. The summed E-state index contributed by atoms with van der Waals surface area (Å²) >= 11 is 0. The monoisotopic (exact) mass is 444 g/mol. The van der Waals surface area contributed by atoms with E-state index in [1.54, 1.807) is 0 Å². The molecule has 2 heterocycles. The van der Waals surface area contributed by atoms with Crippen molar-refractivity contribution in [1.29, 1.82) is 0 Å². The Morgan fingerprint density at radius 3 is 2.06 bits per heavy atom. The predicted octanol–water partition coefficient (Wildman–Crippen LogP) is 7.86. The first kappa shape index (κ1) is 20.4. The summed E-state index contributed by atoms with van der Waals surface area (Å²) in [4.78, 5) is 0. The minimum absolute atomic E-state index is 0.296. The second-order valence-electron chi connectivity index (χ2n) is 8.68. The second-order valence-corrected chi connectivity index (χ2v) is 8.68. The fourth-order valence-corrected chi connectivity index (χ4v) is 4.77. The summed E-state index contributed by atoms with van der Waals surface area (Å²) in [6, 6.07) is 32.2. The molecule has 0 aliphatic carbocycles. The summed E-state index contributed by atoms with van der Waals surface area (Å²) in [5, 5.41) is 1.71. The van der Waals surface area contributed by atoms with Crippen LogP contribution in [0.3, 0.4) is 0 Å². The first-order valence-corrected chi connectivity index (χ1v) is 11.4. The molecule has 0 atom stereocenters. The van der Waals surface area contributed by atoms with E-state index < -0.39 is 0 Å². The third-order valence-electron chi connectivity index (χ3n) is 6.57. The molecule has 6 rings (SSSR count). The molecule has 0 saturated heterocycles. The van der Waals surface area contributed by atoms with Crippen LogP contribution in [0.25, 0.3) is 55.4 Å². The van der Waals surface area contributed by atoms with Crippen molar-refractivity contribution in [3.05, 3.63) is 115 Å². The number of fused-ring (bicyclic) bond motifs is 3. The summed E-state index contributed by atoms with van der Waals surface area (Å²) < 4.78 is 24.2. The van der Waals surface area contributed by atoms with Gasteiger partial charge in [-0.3, -0.25) is 0 Å². The maximum absolute atomic E-state index is 15.8. The molecule has 0 N–H and O–H groups in total. The van der Waals surface area contributed by atoms with Crippen molar-refractivity contribution in [2.75, 3.05) is 0 Å². The zero-order valence-electron chi connectivity index (χ0n) is 19.0. The molecule has 2 aromatic heterocycles. The molecule has 164 valence electrons. The Morgan fingerprint density at radius 2 is 1.29 bits per heavy atom. The van der Waals surface area contributed by atoms with E-state index in [0.29, 0.717) is 16.7 Å². The minimum atomic E-state index is -0.331. The number of rotatable bonds is 3. The van der Waals surface area contributed by atoms with Gasteiger partial charge in [0.1, 0.15) is 12.6 Å². The highest BCUT2D eigenvalue weighted by atomic mass is 19.1. The number of halogens is 1. The van der Waals surface area contributed by atoms with E-state index in [4.69, 9.17) is 4.42 Å². The van der Waals surface area contributed by atoms with Crippen LogP contribution in [-0.4, -0.2) is 0 Å². The van der Waals surface area contributed by atoms with Gasteiger partial charge in [0, 0.05) is 28.5 Å². The van der Waals surface area contributed by atoms with E-state index in [9.17, 15) is 0 Å². The second kappa shape index (κ2) is 7.96. The van der Waals surface area contributed by atoms with E-state index in [0.717, 1.165) is 44.3 Å².